The van der Waals surface area contributed by atoms with Crippen molar-refractivity contribution >= 4 is 31.8 Å². The number of benzene rings is 1. The molecule has 1 unspecified atom stereocenters. The molecule has 1 fully saturated rings. The number of amides is 1. The van der Waals surface area contributed by atoms with Crippen LogP contribution in [-0.4, -0.2) is 89.2 Å². The molecule has 1 saturated heterocycles. The topological polar surface area (TPSA) is 126 Å². The van der Waals surface area contributed by atoms with Crippen molar-refractivity contribution in [3.05, 3.63) is 52.8 Å². The molecule has 1 amide bonds. The quantitative estimate of drug-likeness (QED) is 0.104. The highest BCUT2D eigenvalue weighted by atomic mass is 31.2. The van der Waals surface area contributed by atoms with Gasteiger partial charge in [-0.1, -0.05) is 37.6 Å². The summed E-state index contributed by atoms with van der Waals surface area (Å²) < 4.78 is 23.4. The Morgan fingerprint density at radius 2 is 1.67 bits per heavy atom. The lowest BCUT2D eigenvalue weighted by Crippen LogP contribution is -2.46. The molecule has 1 atom stereocenters. The number of aromatic nitrogens is 2. The number of carbonyl (C=O) groups excluding carboxylic acids is 1. The molecule has 2 heterocycles. The molecule has 250 valence electrons. The minimum absolute atomic E-state index is 0.199. The average molecular weight is 644 g/mol. The summed E-state index contributed by atoms with van der Waals surface area (Å²) in [4.78, 5) is 27.2. The van der Waals surface area contributed by atoms with Crippen molar-refractivity contribution in [3.63, 3.8) is 0 Å². The van der Waals surface area contributed by atoms with Gasteiger partial charge in [-0.15, -0.1) is 0 Å². The Kier molecular flexibility index (Phi) is 15.5. The number of nitrogens with two attached hydrogens (primary N) is 1. The highest BCUT2D eigenvalue weighted by Gasteiger charge is 2.23. The molecule has 11 nitrogen and oxygen atoms in total. The standard InChI is InChI=1S/C33H54N7O4P/c1-6-11-27(4)35-32-28(5)31(36-33(34)37-32)16-18-40(26-41)25-30-14-12-29(13-15-30)24-39-21-19-38(20-22-39)17-9-10-23-45(42,43-7-2)44-8-3/h12-16,18,26-27H,6-11,17,19-25H2,1-5H3,(H3,34,35,36,37)/b18-16-. The summed E-state index contributed by atoms with van der Waals surface area (Å²) in [7, 11) is -2.94. The maximum Gasteiger partial charge on any atom is 0.330 e. The fourth-order valence-corrected chi connectivity index (χ4v) is 7.21. The van der Waals surface area contributed by atoms with Crippen LogP contribution in [0.3, 0.4) is 0 Å². The second kappa shape index (κ2) is 19.0. The van der Waals surface area contributed by atoms with E-state index in [0.717, 1.165) is 88.3 Å². The summed E-state index contributed by atoms with van der Waals surface area (Å²) in [5.41, 5.74) is 9.87. The molecule has 2 aromatic rings. The van der Waals surface area contributed by atoms with Gasteiger partial charge in [0.25, 0.3) is 0 Å². The summed E-state index contributed by atoms with van der Waals surface area (Å²) in [6, 6.07) is 8.74. The molecular weight excluding hydrogens is 589 g/mol. The molecule has 1 aromatic carbocycles. The van der Waals surface area contributed by atoms with E-state index in [9.17, 15) is 9.36 Å². The number of hydrogen-bond acceptors (Lipinski definition) is 10. The molecule has 3 rings (SSSR count). The fourth-order valence-electron chi connectivity index (χ4n) is 5.48. The van der Waals surface area contributed by atoms with Crippen molar-refractivity contribution in [2.45, 2.75) is 79.4 Å². The minimum Gasteiger partial charge on any atom is -0.368 e. The van der Waals surface area contributed by atoms with Gasteiger partial charge in [0, 0.05) is 57.1 Å². The number of unbranched alkanes of at least 4 members (excludes halogenated alkanes) is 1. The Labute approximate surface area is 270 Å². The lowest BCUT2D eigenvalue weighted by atomic mass is 10.1. The average Bonchev–Trinajstić information content (AvgIpc) is 3.01. The van der Waals surface area contributed by atoms with E-state index in [1.165, 1.54) is 5.56 Å². The van der Waals surface area contributed by atoms with E-state index in [2.05, 4.69) is 63.2 Å². The first kappa shape index (κ1) is 36.6. The van der Waals surface area contributed by atoms with Gasteiger partial charge < -0.3 is 29.9 Å². The number of rotatable bonds is 20. The Morgan fingerprint density at radius 3 is 2.29 bits per heavy atom. The number of anilines is 2. The number of carbonyl (C=O) groups is 1. The zero-order chi connectivity index (χ0) is 32.7. The van der Waals surface area contributed by atoms with Gasteiger partial charge in [0.15, 0.2) is 0 Å². The second-order valence-corrected chi connectivity index (χ2v) is 13.9. The van der Waals surface area contributed by atoms with Crippen LogP contribution in [0.4, 0.5) is 11.8 Å². The zero-order valence-corrected chi connectivity index (χ0v) is 28.8. The highest BCUT2D eigenvalue weighted by Crippen LogP contribution is 2.48. The van der Waals surface area contributed by atoms with Crippen molar-refractivity contribution in [1.29, 1.82) is 0 Å². The molecule has 0 radical (unpaired) electrons. The van der Waals surface area contributed by atoms with Crippen molar-refractivity contribution < 1.29 is 18.4 Å². The summed E-state index contributed by atoms with van der Waals surface area (Å²) in [6.07, 6.45) is 8.79. The van der Waals surface area contributed by atoms with Gasteiger partial charge in [-0.2, -0.15) is 4.98 Å². The number of hydrogen-bond donors (Lipinski definition) is 2. The molecule has 0 saturated carbocycles. The summed E-state index contributed by atoms with van der Waals surface area (Å²) in [6.45, 7) is 17.2. The number of nitrogens with zero attached hydrogens (tertiary/aromatic N) is 5. The number of nitrogens with one attached hydrogen (secondary N) is 1. The highest BCUT2D eigenvalue weighted by molar-refractivity contribution is 7.53. The van der Waals surface area contributed by atoms with Crippen molar-refractivity contribution in [1.82, 2.24) is 24.7 Å². The molecule has 1 aliphatic rings. The monoisotopic (exact) mass is 643 g/mol. The van der Waals surface area contributed by atoms with Crippen LogP contribution in [0.15, 0.2) is 30.5 Å². The van der Waals surface area contributed by atoms with E-state index in [4.69, 9.17) is 14.8 Å². The lowest BCUT2D eigenvalue weighted by molar-refractivity contribution is -0.116. The first-order valence-corrected chi connectivity index (χ1v) is 18.1. The van der Waals surface area contributed by atoms with Gasteiger partial charge >= 0.3 is 7.60 Å². The Morgan fingerprint density at radius 1 is 1.02 bits per heavy atom. The van der Waals surface area contributed by atoms with Gasteiger partial charge in [0.05, 0.1) is 25.1 Å². The maximum absolute atomic E-state index is 12.6. The number of piperazine rings is 1. The van der Waals surface area contributed by atoms with Crippen molar-refractivity contribution in [2.75, 3.05) is 63.1 Å². The minimum atomic E-state index is -2.94. The predicted molar refractivity (Wildman–Crippen MR) is 183 cm³/mol. The van der Waals surface area contributed by atoms with Crippen LogP contribution in [0.25, 0.3) is 6.08 Å². The molecule has 0 aliphatic carbocycles. The Balaban J connectivity index is 1.44. The normalized spacial score (nSPS) is 15.4. The van der Waals surface area contributed by atoms with Crippen LogP contribution in [0.5, 0.6) is 0 Å². The largest absolute Gasteiger partial charge is 0.368 e. The van der Waals surface area contributed by atoms with Crippen LogP contribution < -0.4 is 11.1 Å². The van der Waals surface area contributed by atoms with Crippen LogP contribution in [0.1, 0.15) is 75.8 Å². The summed E-state index contributed by atoms with van der Waals surface area (Å²) >= 11 is 0. The van der Waals surface area contributed by atoms with Crippen molar-refractivity contribution in [3.8, 4) is 0 Å². The third kappa shape index (κ3) is 12.5. The number of nitrogen functional groups attached to an aromatic ring is 1. The molecular formula is C33H54N7O4P. The molecule has 0 bridgehead atoms. The van der Waals surface area contributed by atoms with Crippen LogP contribution in [-0.2, 0) is 31.5 Å². The first-order valence-electron chi connectivity index (χ1n) is 16.4. The van der Waals surface area contributed by atoms with E-state index >= 15 is 0 Å². The SMILES string of the molecule is CCCC(C)Nc1nc(N)nc(/C=C\N(C=O)Cc2ccc(CN3CCN(CCCCP(=O)(OCC)OCC)CC3)cc2)c1C. The van der Waals surface area contributed by atoms with Gasteiger partial charge in [-0.3, -0.25) is 14.3 Å². The third-order valence-corrected chi connectivity index (χ3v) is 10.1. The van der Waals surface area contributed by atoms with E-state index < -0.39 is 7.60 Å². The molecule has 45 heavy (non-hydrogen) atoms. The molecule has 12 heteroatoms. The van der Waals surface area contributed by atoms with Gasteiger partial charge in [-0.05, 0) is 70.7 Å². The maximum atomic E-state index is 12.6. The predicted octanol–water partition coefficient (Wildman–Crippen LogP) is 5.76. The van der Waals surface area contributed by atoms with Crippen LogP contribution >= 0.6 is 7.60 Å². The fraction of sp³-hybridized carbons (Fsp3) is 0.606. The molecule has 3 N–H and O–H groups in total. The zero-order valence-electron chi connectivity index (χ0n) is 27.9. The van der Waals surface area contributed by atoms with Crippen LogP contribution in [0.2, 0.25) is 0 Å². The van der Waals surface area contributed by atoms with E-state index in [0.29, 0.717) is 31.6 Å². The Hall–Kier alpha value is -2.82. The van der Waals surface area contributed by atoms with E-state index in [-0.39, 0.29) is 12.0 Å². The molecule has 1 aliphatic heterocycles. The van der Waals surface area contributed by atoms with Gasteiger partial charge in [0.2, 0.25) is 12.4 Å². The van der Waals surface area contributed by atoms with Crippen molar-refractivity contribution in [2.24, 2.45) is 0 Å². The molecule has 1 aromatic heterocycles. The first-order chi connectivity index (χ1) is 21.7. The van der Waals surface area contributed by atoms with E-state index in [1.54, 1.807) is 11.1 Å². The summed E-state index contributed by atoms with van der Waals surface area (Å²) in [5, 5.41) is 3.42. The summed E-state index contributed by atoms with van der Waals surface area (Å²) in [5.74, 6) is 0.923. The van der Waals surface area contributed by atoms with Gasteiger partial charge in [-0.25, -0.2) is 4.98 Å². The van der Waals surface area contributed by atoms with Gasteiger partial charge in [0.1, 0.15) is 5.82 Å². The smallest absolute Gasteiger partial charge is 0.330 e. The van der Waals surface area contributed by atoms with Crippen LogP contribution in [0, 0.1) is 6.92 Å². The Bertz CT molecular complexity index is 1240. The second-order valence-electron chi connectivity index (χ2n) is 11.7. The molecule has 0 spiro atoms. The third-order valence-electron chi connectivity index (χ3n) is 7.93. The van der Waals surface area contributed by atoms with E-state index in [1.807, 2.05) is 26.8 Å². The lowest BCUT2D eigenvalue weighted by Gasteiger charge is -2.34.